The fourth-order valence-corrected chi connectivity index (χ4v) is 2.28. The maximum Gasteiger partial charge on any atom is 0.317 e. The monoisotopic (exact) mass is 272 g/mol. The number of rotatable bonds is 6. The molecule has 1 unspecified atom stereocenters. The van der Waals surface area contributed by atoms with E-state index in [2.05, 4.69) is 5.32 Å². The van der Waals surface area contributed by atoms with Gasteiger partial charge in [-0.3, -0.25) is 4.79 Å². The average Bonchev–Trinajstić information content (AvgIpc) is 2.42. The molecule has 0 aromatic carbocycles. The molecule has 1 heterocycles. The summed E-state index contributed by atoms with van der Waals surface area (Å²) in [6, 6.07) is -0.170. The summed E-state index contributed by atoms with van der Waals surface area (Å²) in [4.78, 5) is 24.6. The van der Waals surface area contributed by atoms with E-state index in [1.165, 1.54) is 0 Å². The van der Waals surface area contributed by atoms with Crippen molar-refractivity contribution in [1.82, 2.24) is 10.2 Å². The number of methoxy groups -OCH3 is 1. The summed E-state index contributed by atoms with van der Waals surface area (Å²) in [5, 5.41) is 11.7. The maximum atomic E-state index is 11.9. The van der Waals surface area contributed by atoms with Crippen LogP contribution in [0.2, 0.25) is 0 Å². The van der Waals surface area contributed by atoms with Gasteiger partial charge >= 0.3 is 12.0 Å². The highest BCUT2D eigenvalue weighted by molar-refractivity contribution is 5.76. The molecule has 1 aliphatic rings. The van der Waals surface area contributed by atoms with Gasteiger partial charge in [0.15, 0.2) is 0 Å². The highest BCUT2D eigenvalue weighted by atomic mass is 16.5. The summed E-state index contributed by atoms with van der Waals surface area (Å²) in [6.07, 6.45) is 3.28. The summed E-state index contributed by atoms with van der Waals surface area (Å²) in [6.45, 7) is 3.46. The molecule has 19 heavy (non-hydrogen) atoms. The van der Waals surface area contributed by atoms with Crippen LogP contribution in [0.5, 0.6) is 0 Å². The third-order valence-electron chi connectivity index (χ3n) is 3.55. The number of nitrogens with zero attached hydrogens (tertiary/aromatic N) is 1. The third kappa shape index (κ3) is 5.06. The number of likely N-dealkylation sites (tertiary alicyclic amines) is 1. The Morgan fingerprint density at radius 2 is 2.05 bits per heavy atom. The lowest BCUT2D eigenvalue weighted by molar-refractivity contribution is -0.141. The zero-order valence-corrected chi connectivity index (χ0v) is 11.7. The molecule has 0 aliphatic carbocycles. The van der Waals surface area contributed by atoms with E-state index in [-0.39, 0.29) is 18.7 Å². The van der Waals surface area contributed by atoms with Gasteiger partial charge in [0.2, 0.25) is 0 Å². The number of carboxylic acid groups (broad SMARTS) is 1. The first kappa shape index (κ1) is 15.8. The molecule has 6 nitrogen and oxygen atoms in total. The van der Waals surface area contributed by atoms with Gasteiger partial charge in [0.25, 0.3) is 0 Å². The molecule has 6 heteroatoms. The first-order chi connectivity index (χ1) is 9.08. The van der Waals surface area contributed by atoms with E-state index in [9.17, 15) is 9.59 Å². The normalized spacial score (nSPS) is 18.1. The van der Waals surface area contributed by atoms with Gasteiger partial charge in [-0.15, -0.1) is 0 Å². The van der Waals surface area contributed by atoms with Gasteiger partial charge in [0.1, 0.15) is 0 Å². The van der Waals surface area contributed by atoms with Crippen molar-refractivity contribution in [1.29, 1.82) is 0 Å². The van der Waals surface area contributed by atoms with Gasteiger partial charge in [0.05, 0.1) is 12.0 Å². The van der Waals surface area contributed by atoms with Crippen LogP contribution in [0.25, 0.3) is 0 Å². The smallest absolute Gasteiger partial charge is 0.317 e. The molecule has 110 valence electrons. The minimum absolute atomic E-state index is 0.170. The molecule has 1 saturated heterocycles. The molecule has 0 radical (unpaired) electrons. The number of amides is 2. The van der Waals surface area contributed by atoms with E-state index in [1.807, 2.05) is 6.92 Å². The number of piperidine rings is 1. The molecule has 0 aromatic heterocycles. The number of carbonyl (C=O) groups is 2. The molecule has 1 fully saturated rings. The standard InChI is InChI=1S/C13H24N2O4/c1-3-4-10(12(16)17)9-14-13(18)15-7-5-11(19-2)6-8-15/h10-11H,3-9H2,1-2H3,(H,14,18)(H,16,17). The van der Waals surface area contributed by atoms with Crippen LogP contribution in [0, 0.1) is 5.92 Å². The van der Waals surface area contributed by atoms with Crippen LogP contribution in [-0.2, 0) is 9.53 Å². The van der Waals surface area contributed by atoms with E-state index >= 15 is 0 Å². The summed E-state index contributed by atoms with van der Waals surface area (Å²) < 4.78 is 5.24. The van der Waals surface area contributed by atoms with Crippen LogP contribution in [0.3, 0.4) is 0 Å². The summed E-state index contributed by atoms with van der Waals surface area (Å²) in [5.41, 5.74) is 0. The van der Waals surface area contributed by atoms with Crippen LogP contribution < -0.4 is 5.32 Å². The van der Waals surface area contributed by atoms with Crippen LogP contribution in [-0.4, -0.2) is 54.9 Å². The molecule has 1 atom stereocenters. The zero-order chi connectivity index (χ0) is 14.3. The second-order valence-electron chi connectivity index (χ2n) is 4.93. The lowest BCUT2D eigenvalue weighted by Gasteiger charge is -2.31. The van der Waals surface area contributed by atoms with E-state index in [4.69, 9.17) is 9.84 Å². The van der Waals surface area contributed by atoms with Gasteiger partial charge in [-0.05, 0) is 19.3 Å². The van der Waals surface area contributed by atoms with Crippen molar-refractivity contribution in [2.75, 3.05) is 26.7 Å². The molecule has 0 bridgehead atoms. The van der Waals surface area contributed by atoms with Crippen molar-refractivity contribution >= 4 is 12.0 Å². The molecule has 2 N–H and O–H groups in total. The summed E-state index contributed by atoms with van der Waals surface area (Å²) in [7, 11) is 1.68. The van der Waals surface area contributed by atoms with Crippen molar-refractivity contribution < 1.29 is 19.4 Å². The topological polar surface area (TPSA) is 78.9 Å². The minimum Gasteiger partial charge on any atom is -0.481 e. The predicted octanol–water partition coefficient (Wildman–Crippen LogP) is 1.31. The Kier molecular flexibility index (Phi) is 6.62. The van der Waals surface area contributed by atoms with Crippen molar-refractivity contribution in [2.24, 2.45) is 5.92 Å². The number of urea groups is 1. The van der Waals surface area contributed by atoms with Crippen LogP contribution in [0.1, 0.15) is 32.6 Å². The van der Waals surface area contributed by atoms with Crippen molar-refractivity contribution in [3.63, 3.8) is 0 Å². The van der Waals surface area contributed by atoms with Crippen LogP contribution in [0.4, 0.5) is 4.79 Å². The highest BCUT2D eigenvalue weighted by Crippen LogP contribution is 2.13. The Morgan fingerprint density at radius 1 is 1.42 bits per heavy atom. The highest BCUT2D eigenvalue weighted by Gasteiger charge is 2.24. The molecule has 0 saturated carbocycles. The van der Waals surface area contributed by atoms with Gasteiger partial charge in [0, 0.05) is 26.7 Å². The Balaban J connectivity index is 2.32. The Hall–Kier alpha value is -1.30. The maximum absolute atomic E-state index is 11.9. The van der Waals surface area contributed by atoms with Crippen molar-refractivity contribution in [3.8, 4) is 0 Å². The number of nitrogens with one attached hydrogen (secondary N) is 1. The predicted molar refractivity (Wildman–Crippen MR) is 71.0 cm³/mol. The van der Waals surface area contributed by atoms with E-state index in [1.54, 1.807) is 12.0 Å². The van der Waals surface area contributed by atoms with Gasteiger partial charge < -0.3 is 20.1 Å². The number of hydrogen-bond donors (Lipinski definition) is 2. The first-order valence-electron chi connectivity index (χ1n) is 6.86. The Morgan fingerprint density at radius 3 is 2.53 bits per heavy atom. The van der Waals surface area contributed by atoms with Crippen molar-refractivity contribution in [2.45, 2.75) is 38.7 Å². The quantitative estimate of drug-likeness (QED) is 0.764. The molecule has 0 aromatic rings. The van der Waals surface area contributed by atoms with Crippen molar-refractivity contribution in [3.05, 3.63) is 0 Å². The van der Waals surface area contributed by atoms with Gasteiger partial charge in [-0.1, -0.05) is 13.3 Å². The molecule has 1 aliphatic heterocycles. The summed E-state index contributed by atoms with van der Waals surface area (Å²) >= 11 is 0. The largest absolute Gasteiger partial charge is 0.481 e. The van der Waals surface area contributed by atoms with E-state index in [0.717, 1.165) is 19.3 Å². The lowest BCUT2D eigenvalue weighted by atomic mass is 10.0. The third-order valence-corrected chi connectivity index (χ3v) is 3.55. The Labute approximate surface area is 114 Å². The fourth-order valence-electron chi connectivity index (χ4n) is 2.28. The fraction of sp³-hybridized carbons (Fsp3) is 0.846. The molecule has 1 rings (SSSR count). The van der Waals surface area contributed by atoms with Crippen LogP contribution in [0.15, 0.2) is 0 Å². The molecular weight excluding hydrogens is 248 g/mol. The average molecular weight is 272 g/mol. The zero-order valence-electron chi connectivity index (χ0n) is 11.7. The first-order valence-corrected chi connectivity index (χ1v) is 6.86. The van der Waals surface area contributed by atoms with E-state index < -0.39 is 11.9 Å². The molecule has 2 amide bonds. The lowest BCUT2D eigenvalue weighted by Crippen LogP contribution is -2.47. The minimum atomic E-state index is -0.847. The second-order valence-corrected chi connectivity index (χ2v) is 4.93. The number of hydrogen-bond acceptors (Lipinski definition) is 3. The second kappa shape index (κ2) is 7.99. The number of aliphatic carboxylic acids is 1. The number of carboxylic acids is 1. The van der Waals surface area contributed by atoms with Gasteiger partial charge in [-0.25, -0.2) is 4.79 Å². The molecular formula is C13H24N2O4. The van der Waals surface area contributed by atoms with Gasteiger partial charge in [-0.2, -0.15) is 0 Å². The number of carbonyl (C=O) groups excluding carboxylic acids is 1. The Bertz CT molecular complexity index is 301. The SMILES string of the molecule is CCCC(CNC(=O)N1CCC(OC)CC1)C(=O)O. The van der Waals surface area contributed by atoms with Crippen LogP contribution >= 0.6 is 0 Å². The van der Waals surface area contributed by atoms with E-state index in [0.29, 0.717) is 19.5 Å². The molecule has 0 spiro atoms. The summed E-state index contributed by atoms with van der Waals surface area (Å²) in [5.74, 6) is -1.34. The number of ether oxygens (including phenoxy) is 1.